The summed E-state index contributed by atoms with van der Waals surface area (Å²) in [5, 5.41) is 1.23. The Bertz CT molecular complexity index is 1090. The second-order valence-corrected chi connectivity index (χ2v) is 9.86. The molecule has 170 valence electrons. The number of halogens is 1. The quantitative estimate of drug-likeness (QED) is 0.534. The van der Waals surface area contributed by atoms with Crippen LogP contribution in [0.1, 0.15) is 68.2 Å². The minimum Gasteiger partial charge on any atom is -0.380 e. The third kappa shape index (κ3) is 4.08. The average Bonchev–Trinajstić information content (AvgIpc) is 3.20. The number of H-pyrrole nitrogens is 1. The van der Waals surface area contributed by atoms with E-state index < -0.39 is 0 Å². The zero-order valence-electron chi connectivity index (χ0n) is 19.5. The largest absolute Gasteiger partial charge is 0.380 e. The van der Waals surface area contributed by atoms with Gasteiger partial charge in [-0.1, -0.05) is 19.9 Å². The molecule has 2 fully saturated rings. The van der Waals surface area contributed by atoms with Crippen LogP contribution in [0.25, 0.3) is 22.2 Å². The molecule has 2 aliphatic rings. The Kier molecular flexibility index (Phi) is 6.04. The van der Waals surface area contributed by atoms with Crippen LogP contribution >= 0.6 is 0 Å². The number of aryl methyl sites for hydroxylation is 1. The van der Waals surface area contributed by atoms with Crippen LogP contribution in [0.5, 0.6) is 0 Å². The molecule has 0 bridgehead atoms. The number of benzene rings is 1. The van der Waals surface area contributed by atoms with E-state index in [4.69, 9.17) is 4.74 Å². The summed E-state index contributed by atoms with van der Waals surface area (Å²) in [7, 11) is 0. The van der Waals surface area contributed by atoms with E-state index >= 15 is 0 Å². The summed E-state index contributed by atoms with van der Waals surface area (Å²) in [5.41, 5.74) is 6.02. The average molecular weight is 436 g/mol. The molecule has 5 rings (SSSR count). The first-order chi connectivity index (χ1) is 15.5. The molecule has 1 atom stereocenters. The molecule has 2 saturated heterocycles. The van der Waals surface area contributed by atoms with Gasteiger partial charge in [-0.25, -0.2) is 4.39 Å². The molecular weight excluding hydrogens is 401 g/mol. The van der Waals surface area contributed by atoms with Gasteiger partial charge in [-0.2, -0.15) is 0 Å². The zero-order chi connectivity index (χ0) is 22.2. The minimum absolute atomic E-state index is 0.275. The van der Waals surface area contributed by atoms with Crippen LogP contribution in [-0.2, 0) is 4.74 Å². The molecule has 4 nitrogen and oxygen atoms in total. The standard InChI is InChI=1S/C27H34FN3O/c1-17(2)26-23-14-20(19-8-10-31(11-9-19)21-5-4-12-32-16-21)6-7-25(23)30-27(26)22-13-18(3)29-15-24(22)28/h6-7,13-15,17,19,21,30H,4-5,8-12,16H2,1-3H3. The number of rotatable bonds is 4. The number of aromatic nitrogens is 2. The number of nitrogens with zero attached hydrogens (tertiary/aromatic N) is 2. The third-order valence-corrected chi connectivity index (χ3v) is 7.36. The fourth-order valence-corrected chi connectivity index (χ4v) is 5.64. The van der Waals surface area contributed by atoms with Crippen molar-refractivity contribution in [3.8, 4) is 11.3 Å². The van der Waals surface area contributed by atoms with Gasteiger partial charge in [0, 0.05) is 34.8 Å². The van der Waals surface area contributed by atoms with E-state index in [9.17, 15) is 4.39 Å². The molecule has 3 aromatic rings. The number of pyridine rings is 1. The first kappa shape index (κ1) is 21.6. The first-order valence-electron chi connectivity index (χ1n) is 12.1. The molecule has 2 aromatic heterocycles. The Labute approximate surface area is 190 Å². The van der Waals surface area contributed by atoms with Crippen molar-refractivity contribution in [3.63, 3.8) is 0 Å². The van der Waals surface area contributed by atoms with E-state index in [0.717, 1.165) is 43.2 Å². The third-order valence-electron chi connectivity index (χ3n) is 7.36. The van der Waals surface area contributed by atoms with E-state index in [1.807, 2.05) is 13.0 Å². The molecule has 1 aromatic carbocycles. The molecule has 1 unspecified atom stereocenters. The van der Waals surface area contributed by atoms with Gasteiger partial charge in [0.15, 0.2) is 5.82 Å². The highest BCUT2D eigenvalue weighted by Crippen LogP contribution is 2.39. The van der Waals surface area contributed by atoms with E-state index in [0.29, 0.717) is 17.5 Å². The lowest BCUT2D eigenvalue weighted by Gasteiger charge is -2.39. The number of fused-ring (bicyclic) bond motifs is 1. The molecule has 0 aliphatic carbocycles. The maximum Gasteiger partial charge on any atom is 0.150 e. The van der Waals surface area contributed by atoms with Crippen molar-refractivity contribution in [2.75, 3.05) is 26.3 Å². The monoisotopic (exact) mass is 435 g/mol. The number of piperidine rings is 1. The predicted octanol–water partition coefficient (Wildman–Crippen LogP) is 6.16. The molecule has 5 heteroatoms. The number of aromatic amines is 1. The summed E-state index contributed by atoms with van der Waals surface area (Å²) in [6, 6.07) is 9.27. The van der Waals surface area contributed by atoms with Gasteiger partial charge >= 0.3 is 0 Å². The lowest BCUT2D eigenvalue weighted by Crippen LogP contribution is -2.45. The second kappa shape index (κ2) is 8.95. The predicted molar refractivity (Wildman–Crippen MR) is 128 cm³/mol. The van der Waals surface area contributed by atoms with Crippen molar-refractivity contribution < 1.29 is 9.13 Å². The molecule has 0 saturated carbocycles. The molecular formula is C27H34FN3O. The summed E-state index contributed by atoms with van der Waals surface area (Å²) in [5.74, 6) is 0.594. The summed E-state index contributed by atoms with van der Waals surface area (Å²) in [6.07, 6.45) is 6.16. The van der Waals surface area contributed by atoms with Gasteiger partial charge < -0.3 is 9.72 Å². The summed E-state index contributed by atoms with van der Waals surface area (Å²) < 4.78 is 20.4. The normalized spacial score (nSPS) is 21.0. The van der Waals surface area contributed by atoms with Gasteiger partial charge in [0.25, 0.3) is 0 Å². The van der Waals surface area contributed by atoms with Crippen molar-refractivity contribution in [1.29, 1.82) is 0 Å². The van der Waals surface area contributed by atoms with Crippen LogP contribution in [0.4, 0.5) is 4.39 Å². The Balaban J connectivity index is 1.44. The van der Waals surface area contributed by atoms with Crippen LogP contribution in [0, 0.1) is 12.7 Å². The minimum atomic E-state index is -0.275. The number of ether oxygens (including phenoxy) is 1. The summed E-state index contributed by atoms with van der Waals surface area (Å²) in [6.45, 7) is 10.4. The van der Waals surface area contributed by atoms with Crippen molar-refractivity contribution in [1.82, 2.24) is 14.9 Å². The molecule has 1 N–H and O–H groups in total. The van der Waals surface area contributed by atoms with E-state index in [1.54, 1.807) is 0 Å². The van der Waals surface area contributed by atoms with Crippen LogP contribution < -0.4 is 0 Å². The lowest BCUT2D eigenvalue weighted by atomic mass is 9.87. The van der Waals surface area contributed by atoms with Gasteiger partial charge in [0.2, 0.25) is 0 Å². The van der Waals surface area contributed by atoms with Crippen molar-refractivity contribution >= 4 is 10.9 Å². The lowest BCUT2D eigenvalue weighted by molar-refractivity contribution is 0.00886. The second-order valence-electron chi connectivity index (χ2n) is 9.86. The first-order valence-corrected chi connectivity index (χ1v) is 12.1. The van der Waals surface area contributed by atoms with Crippen molar-refractivity contribution in [2.45, 2.75) is 64.3 Å². The topological polar surface area (TPSA) is 41.2 Å². The summed E-state index contributed by atoms with van der Waals surface area (Å²) in [4.78, 5) is 10.3. The van der Waals surface area contributed by atoms with Crippen LogP contribution in [-0.4, -0.2) is 47.2 Å². The Morgan fingerprint density at radius 2 is 1.97 bits per heavy atom. The molecule has 4 heterocycles. The van der Waals surface area contributed by atoms with Gasteiger partial charge in [-0.15, -0.1) is 0 Å². The maximum atomic E-state index is 14.7. The van der Waals surface area contributed by atoms with Crippen LogP contribution in [0.3, 0.4) is 0 Å². The number of nitrogens with one attached hydrogen (secondary N) is 1. The highest BCUT2D eigenvalue weighted by atomic mass is 19.1. The molecule has 0 spiro atoms. The maximum absolute atomic E-state index is 14.7. The van der Waals surface area contributed by atoms with Crippen molar-refractivity contribution in [2.24, 2.45) is 0 Å². The smallest absolute Gasteiger partial charge is 0.150 e. The fourth-order valence-electron chi connectivity index (χ4n) is 5.64. The van der Waals surface area contributed by atoms with Gasteiger partial charge in [0.1, 0.15) is 0 Å². The van der Waals surface area contributed by atoms with Gasteiger partial charge in [-0.05, 0) is 86.9 Å². The van der Waals surface area contributed by atoms with Gasteiger partial charge in [0.05, 0.1) is 18.5 Å². The Morgan fingerprint density at radius 1 is 1.16 bits per heavy atom. The number of hydrogen-bond donors (Lipinski definition) is 1. The molecule has 0 radical (unpaired) electrons. The van der Waals surface area contributed by atoms with E-state index in [2.05, 4.69) is 46.9 Å². The van der Waals surface area contributed by atoms with Crippen LogP contribution in [0.15, 0.2) is 30.5 Å². The highest BCUT2D eigenvalue weighted by Gasteiger charge is 2.28. The van der Waals surface area contributed by atoms with E-state index in [-0.39, 0.29) is 11.7 Å². The van der Waals surface area contributed by atoms with Crippen molar-refractivity contribution in [3.05, 3.63) is 53.1 Å². The Morgan fingerprint density at radius 3 is 2.69 bits per heavy atom. The number of hydrogen-bond acceptors (Lipinski definition) is 3. The van der Waals surface area contributed by atoms with E-state index in [1.165, 1.54) is 48.4 Å². The SMILES string of the molecule is Cc1cc(-c2[nH]c3ccc(C4CCN(C5CCCOC5)CC4)cc3c2C(C)C)c(F)cn1. The molecule has 2 aliphatic heterocycles. The fraction of sp³-hybridized carbons (Fsp3) is 0.519. The zero-order valence-corrected chi connectivity index (χ0v) is 19.5. The Hall–Kier alpha value is -2.24. The summed E-state index contributed by atoms with van der Waals surface area (Å²) >= 11 is 0. The molecule has 32 heavy (non-hydrogen) atoms. The van der Waals surface area contributed by atoms with Crippen LogP contribution in [0.2, 0.25) is 0 Å². The number of likely N-dealkylation sites (tertiary alicyclic amines) is 1. The molecule has 0 amide bonds. The highest BCUT2D eigenvalue weighted by molar-refractivity contribution is 5.92. The van der Waals surface area contributed by atoms with Gasteiger partial charge in [-0.3, -0.25) is 9.88 Å².